The van der Waals surface area contributed by atoms with Crippen molar-refractivity contribution in [3.05, 3.63) is 29.8 Å². The number of nitrogens with one attached hydrogen (secondary N) is 2. The molecule has 0 radical (unpaired) electrons. The van der Waals surface area contributed by atoms with Crippen LogP contribution in [0.3, 0.4) is 0 Å². The monoisotopic (exact) mass is 276 g/mol. The van der Waals surface area contributed by atoms with Crippen LogP contribution < -0.4 is 10.6 Å². The molecular weight excluding hydrogens is 256 g/mol. The lowest BCUT2D eigenvalue weighted by molar-refractivity contribution is -0.115. The number of carbonyl (C=O) groups excluding carboxylic acids is 2. The molecule has 1 aromatic carbocycles. The van der Waals surface area contributed by atoms with Gasteiger partial charge in [-0.25, -0.2) is 4.79 Å². The van der Waals surface area contributed by atoms with Gasteiger partial charge in [-0.3, -0.25) is 4.79 Å². The Hall–Kier alpha value is -1.88. The normalized spacial score (nSPS) is 13.8. The fourth-order valence-electron chi connectivity index (χ4n) is 1.89. The van der Waals surface area contributed by atoms with Crippen LogP contribution in [0.1, 0.15) is 30.1 Å². The van der Waals surface area contributed by atoms with E-state index in [-0.39, 0.29) is 12.5 Å². The molecule has 2 N–H and O–H groups in total. The fourth-order valence-corrected chi connectivity index (χ4v) is 1.89. The van der Waals surface area contributed by atoms with Crippen LogP contribution in [0.5, 0.6) is 0 Å². The lowest BCUT2D eigenvalue weighted by atomic mass is 10.2. The fraction of sp³-hybridized carbons (Fsp3) is 0.467. The minimum atomic E-state index is -0.422. The molecule has 20 heavy (non-hydrogen) atoms. The van der Waals surface area contributed by atoms with E-state index in [0.717, 1.165) is 12.5 Å². The van der Waals surface area contributed by atoms with E-state index in [1.165, 1.54) is 12.8 Å². The van der Waals surface area contributed by atoms with Crippen LogP contribution in [-0.4, -0.2) is 31.6 Å². The van der Waals surface area contributed by atoms with Crippen molar-refractivity contribution >= 4 is 17.6 Å². The highest BCUT2D eigenvalue weighted by Crippen LogP contribution is 2.27. The van der Waals surface area contributed by atoms with Crippen LogP contribution >= 0.6 is 0 Å². The lowest BCUT2D eigenvalue weighted by Gasteiger charge is -2.10. The third-order valence-corrected chi connectivity index (χ3v) is 3.11. The summed E-state index contributed by atoms with van der Waals surface area (Å²) in [6.45, 7) is 3.20. The minimum Gasteiger partial charge on any atom is -0.462 e. The molecule has 5 heteroatoms. The Morgan fingerprint density at radius 3 is 2.75 bits per heavy atom. The lowest BCUT2D eigenvalue weighted by Crippen LogP contribution is -2.30. The maximum Gasteiger partial charge on any atom is 0.340 e. The van der Waals surface area contributed by atoms with Gasteiger partial charge in [0.25, 0.3) is 0 Å². The number of rotatable bonds is 7. The van der Waals surface area contributed by atoms with Crippen molar-refractivity contribution in [1.29, 1.82) is 0 Å². The van der Waals surface area contributed by atoms with E-state index >= 15 is 0 Å². The van der Waals surface area contributed by atoms with E-state index in [4.69, 9.17) is 4.74 Å². The van der Waals surface area contributed by atoms with Crippen molar-refractivity contribution < 1.29 is 14.3 Å². The Labute approximate surface area is 118 Å². The molecule has 108 valence electrons. The maximum atomic E-state index is 11.8. The van der Waals surface area contributed by atoms with Crippen LogP contribution in [-0.2, 0) is 9.53 Å². The molecule has 0 saturated heterocycles. The van der Waals surface area contributed by atoms with Gasteiger partial charge >= 0.3 is 5.97 Å². The second-order valence-corrected chi connectivity index (χ2v) is 4.89. The van der Waals surface area contributed by atoms with Gasteiger partial charge in [0.2, 0.25) is 5.91 Å². The molecule has 1 saturated carbocycles. The summed E-state index contributed by atoms with van der Waals surface area (Å²) >= 11 is 0. The van der Waals surface area contributed by atoms with Crippen molar-refractivity contribution in [2.45, 2.75) is 19.8 Å². The predicted octanol–water partition coefficient (Wildman–Crippen LogP) is 1.80. The van der Waals surface area contributed by atoms with Gasteiger partial charge in [0.05, 0.1) is 24.4 Å². The van der Waals surface area contributed by atoms with Gasteiger partial charge in [0, 0.05) is 0 Å². The zero-order valence-electron chi connectivity index (χ0n) is 11.6. The first-order valence-corrected chi connectivity index (χ1v) is 6.97. The Balaban J connectivity index is 1.89. The quantitative estimate of drug-likeness (QED) is 0.745. The summed E-state index contributed by atoms with van der Waals surface area (Å²) < 4.78 is 4.97. The summed E-state index contributed by atoms with van der Waals surface area (Å²) in [5.41, 5.74) is 0.870. The molecule has 0 aliphatic heterocycles. The summed E-state index contributed by atoms with van der Waals surface area (Å²) in [5.74, 6) is 0.159. The van der Waals surface area contributed by atoms with Crippen molar-refractivity contribution in [2.75, 3.05) is 25.0 Å². The minimum absolute atomic E-state index is 0.151. The zero-order valence-corrected chi connectivity index (χ0v) is 11.6. The van der Waals surface area contributed by atoms with Gasteiger partial charge in [0.15, 0.2) is 0 Å². The van der Waals surface area contributed by atoms with Crippen LogP contribution in [0.15, 0.2) is 24.3 Å². The van der Waals surface area contributed by atoms with Crippen molar-refractivity contribution in [3.63, 3.8) is 0 Å². The molecular formula is C15H20N2O3. The summed E-state index contributed by atoms with van der Waals surface area (Å²) in [5, 5.41) is 5.85. The van der Waals surface area contributed by atoms with Gasteiger partial charge in [-0.1, -0.05) is 12.1 Å². The molecule has 1 amide bonds. The topological polar surface area (TPSA) is 67.4 Å². The molecule has 5 nitrogen and oxygen atoms in total. The molecule has 1 aliphatic rings. The van der Waals surface area contributed by atoms with Crippen LogP contribution in [0.4, 0.5) is 5.69 Å². The molecule has 1 aliphatic carbocycles. The maximum absolute atomic E-state index is 11.8. The number of para-hydroxylation sites is 1. The molecule has 0 unspecified atom stereocenters. The Bertz CT molecular complexity index is 484. The van der Waals surface area contributed by atoms with Gasteiger partial charge in [0.1, 0.15) is 0 Å². The molecule has 0 spiro atoms. The van der Waals surface area contributed by atoms with Gasteiger partial charge in [-0.15, -0.1) is 0 Å². The average Bonchev–Trinajstić information content (AvgIpc) is 3.24. The number of ether oxygens (including phenoxy) is 1. The number of benzene rings is 1. The molecule has 0 aromatic heterocycles. The van der Waals surface area contributed by atoms with E-state index in [0.29, 0.717) is 17.9 Å². The predicted molar refractivity (Wildman–Crippen MR) is 76.6 cm³/mol. The first-order valence-electron chi connectivity index (χ1n) is 6.97. The van der Waals surface area contributed by atoms with Crippen LogP contribution in [0.2, 0.25) is 0 Å². The number of carbonyl (C=O) groups is 2. The Kier molecular flexibility index (Phi) is 5.12. The first-order chi connectivity index (χ1) is 9.70. The highest BCUT2D eigenvalue weighted by atomic mass is 16.5. The zero-order chi connectivity index (χ0) is 14.4. The first kappa shape index (κ1) is 14.5. The number of hydrogen-bond donors (Lipinski definition) is 2. The molecule has 0 heterocycles. The van der Waals surface area contributed by atoms with Crippen molar-refractivity contribution in [1.82, 2.24) is 5.32 Å². The number of amides is 1. The molecule has 0 bridgehead atoms. The third-order valence-electron chi connectivity index (χ3n) is 3.11. The van der Waals surface area contributed by atoms with Crippen molar-refractivity contribution in [3.8, 4) is 0 Å². The Morgan fingerprint density at radius 1 is 1.30 bits per heavy atom. The molecule has 2 rings (SSSR count). The van der Waals surface area contributed by atoms with E-state index in [9.17, 15) is 9.59 Å². The molecule has 1 fully saturated rings. The van der Waals surface area contributed by atoms with Crippen molar-refractivity contribution in [2.24, 2.45) is 5.92 Å². The summed E-state index contributed by atoms with van der Waals surface area (Å²) in [7, 11) is 0. The number of esters is 1. The summed E-state index contributed by atoms with van der Waals surface area (Å²) in [4.78, 5) is 23.6. The molecule has 1 aromatic rings. The largest absolute Gasteiger partial charge is 0.462 e. The average molecular weight is 276 g/mol. The summed E-state index contributed by atoms with van der Waals surface area (Å²) in [6, 6.07) is 6.86. The van der Waals surface area contributed by atoms with Gasteiger partial charge < -0.3 is 15.4 Å². The second kappa shape index (κ2) is 7.05. The third kappa shape index (κ3) is 4.35. The van der Waals surface area contributed by atoms with Gasteiger partial charge in [-0.2, -0.15) is 0 Å². The van der Waals surface area contributed by atoms with Crippen LogP contribution in [0, 0.1) is 5.92 Å². The van der Waals surface area contributed by atoms with E-state index in [1.54, 1.807) is 31.2 Å². The SMILES string of the molecule is CCOC(=O)c1ccccc1NC(=O)CNCC1CC1. The smallest absolute Gasteiger partial charge is 0.340 e. The highest BCUT2D eigenvalue weighted by Gasteiger charge is 2.20. The van der Waals surface area contributed by atoms with E-state index in [2.05, 4.69) is 10.6 Å². The highest BCUT2D eigenvalue weighted by molar-refractivity contribution is 6.01. The summed E-state index contributed by atoms with van der Waals surface area (Å²) in [6.07, 6.45) is 2.50. The van der Waals surface area contributed by atoms with E-state index in [1.807, 2.05) is 0 Å². The number of anilines is 1. The second-order valence-electron chi connectivity index (χ2n) is 4.89. The van der Waals surface area contributed by atoms with Crippen LogP contribution in [0.25, 0.3) is 0 Å². The molecule has 0 atom stereocenters. The van der Waals surface area contributed by atoms with Gasteiger partial charge in [-0.05, 0) is 44.4 Å². The Morgan fingerprint density at radius 2 is 2.05 bits per heavy atom. The number of hydrogen-bond acceptors (Lipinski definition) is 4. The van der Waals surface area contributed by atoms with E-state index < -0.39 is 5.97 Å². The standard InChI is InChI=1S/C15H20N2O3/c1-2-20-15(19)12-5-3-4-6-13(12)17-14(18)10-16-9-11-7-8-11/h3-6,11,16H,2,7-10H2,1H3,(H,17,18).